The number of carbonyl (C=O) groups is 1. The maximum Gasteiger partial charge on any atom is 0.227 e. The fourth-order valence-electron chi connectivity index (χ4n) is 5.44. The predicted molar refractivity (Wildman–Crippen MR) is 129 cm³/mol. The van der Waals surface area contributed by atoms with E-state index in [2.05, 4.69) is 75.1 Å². The van der Waals surface area contributed by atoms with Gasteiger partial charge in [0.1, 0.15) is 5.82 Å². The molecule has 5 heteroatoms. The molecule has 1 aliphatic carbocycles. The minimum absolute atomic E-state index is 0.0358. The molecule has 2 N–H and O–H groups in total. The Balaban J connectivity index is 1.29. The number of rotatable bonds is 5. The molecule has 5 nitrogen and oxygen atoms in total. The Kier molecular flexibility index (Phi) is 5.56. The zero-order valence-corrected chi connectivity index (χ0v) is 18.6. The van der Waals surface area contributed by atoms with Crippen molar-refractivity contribution in [3.05, 3.63) is 89.6 Å². The number of hydrogen-bond acceptors (Lipinski definition) is 4. The van der Waals surface area contributed by atoms with E-state index < -0.39 is 0 Å². The molecule has 1 amide bonds. The first-order chi connectivity index (χ1) is 15.7. The van der Waals surface area contributed by atoms with E-state index >= 15 is 0 Å². The maximum atomic E-state index is 12.6. The summed E-state index contributed by atoms with van der Waals surface area (Å²) in [6, 6.07) is 23.1. The highest BCUT2D eigenvalue weighted by molar-refractivity contribution is 5.85. The molecule has 1 fully saturated rings. The van der Waals surface area contributed by atoms with Crippen molar-refractivity contribution in [1.29, 1.82) is 0 Å². The maximum absolute atomic E-state index is 12.6. The second-order valence-electron chi connectivity index (χ2n) is 8.97. The standard InChI is InChI=1S/C27H30N4O/c1-28-26(32)23-18-27(24-10-6-5-9-22(23)24)12-15-31(16-13-27)25-17-21(11-14-29-25)30-19-20-7-3-2-4-8-20/h2-11,14,17,23H,12-13,15-16,18-19H2,1H3,(H,28,32)(H,29,30). The Hall–Kier alpha value is -3.34. The van der Waals surface area contributed by atoms with Crippen LogP contribution in [0, 0.1) is 0 Å². The summed E-state index contributed by atoms with van der Waals surface area (Å²) in [6.07, 6.45) is 4.88. The average Bonchev–Trinajstić information content (AvgIpc) is 3.17. The van der Waals surface area contributed by atoms with Gasteiger partial charge in [0.05, 0.1) is 5.92 Å². The number of nitrogens with one attached hydrogen (secondary N) is 2. The first-order valence-corrected chi connectivity index (χ1v) is 11.5. The number of piperidine rings is 1. The molecule has 0 bridgehead atoms. The lowest BCUT2D eigenvalue weighted by Gasteiger charge is -2.41. The van der Waals surface area contributed by atoms with Crippen LogP contribution in [0.3, 0.4) is 0 Å². The van der Waals surface area contributed by atoms with E-state index in [1.807, 2.05) is 18.3 Å². The van der Waals surface area contributed by atoms with Gasteiger partial charge in [-0.1, -0.05) is 54.6 Å². The number of benzene rings is 2. The van der Waals surface area contributed by atoms with Crippen molar-refractivity contribution in [1.82, 2.24) is 10.3 Å². The van der Waals surface area contributed by atoms with E-state index in [9.17, 15) is 4.79 Å². The lowest BCUT2D eigenvalue weighted by Crippen LogP contribution is -2.42. The van der Waals surface area contributed by atoms with E-state index in [4.69, 9.17) is 0 Å². The van der Waals surface area contributed by atoms with Crippen molar-refractivity contribution in [3.63, 3.8) is 0 Å². The van der Waals surface area contributed by atoms with Gasteiger partial charge in [-0.25, -0.2) is 4.98 Å². The molecule has 1 aromatic heterocycles. The lowest BCUT2D eigenvalue weighted by atomic mass is 9.73. The number of carbonyl (C=O) groups excluding carboxylic acids is 1. The number of anilines is 2. The van der Waals surface area contributed by atoms with Crippen LogP contribution >= 0.6 is 0 Å². The van der Waals surface area contributed by atoms with Crippen LogP contribution in [0.2, 0.25) is 0 Å². The summed E-state index contributed by atoms with van der Waals surface area (Å²) in [5.74, 6) is 1.12. The van der Waals surface area contributed by atoms with E-state index in [0.717, 1.165) is 50.4 Å². The van der Waals surface area contributed by atoms with Gasteiger partial charge in [0.2, 0.25) is 5.91 Å². The summed E-state index contributed by atoms with van der Waals surface area (Å²) >= 11 is 0. The monoisotopic (exact) mass is 426 g/mol. The summed E-state index contributed by atoms with van der Waals surface area (Å²) in [5.41, 5.74) is 5.03. The number of pyridine rings is 1. The van der Waals surface area contributed by atoms with Gasteiger partial charge in [0, 0.05) is 50.0 Å². The minimum Gasteiger partial charge on any atom is -0.381 e. The number of fused-ring (bicyclic) bond motifs is 2. The van der Waals surface area contributed by atoms with Crippen LogP contribution in [0.25, 0.3) is 0 Å². The van der Waals surface area contributed by atoms with E-state index in [1.165, 1.54) is 16.7 Å². The molecule has 32 heavy (non-hydrogen) atoms. The van der Waals surface area contributed by atoms with Crippen molar-refractivity contribution in [2.75, 3.05) is 30.4 Å². The molecule has 2 aromatic carbocycles. The van der Waals surface area contributed by atoms with Gasteiger partial charge in [-0.3, -0.25) is 4.79 Å². The molecule has 5 rings (SSSR count). The van der Waals surface area contributed by atoms with Crippen LogP contribution < -0.4 is 15.5 Å². The SMILES string of the molecule is CNC(=O)C1CC2(CCN(c3cc(NCc4ccccc4)ccn3)CC2)c2ccccc21. The molecular formula is C27H30N4O. The van der Waals surface area contributed by atoms with Gasteiger partial charge in [-0.05, 0) is 42.0 Å². The molecule has 2 heterocycles. The summed E-state index contributed by atoms with van der Waals surface area (Å²) in [6.45, 7) is 2.69. The van der Waals surface area contributed by atoms with E-state index in [1.54, 1.807) is 7.05 Å². The van der Waals surface area contributed by atoms with Crippen molar-refractivity contribution in [3.8, 4) is 0 Å². The van der Waals surface area contributed by atoms with Crippen molar-refractivity contribution < 1.29 is 4.79 Å². The Morgan fingerprint density at radius 3 is 2.59 bits per heavy atom. The highest BCUT2D eigenvalue weighted by Crippen LogP contribution is 2.51. The van der Waals surface area contributed by atoms with Crippen molar-refractivity contribution >= 4 is 17.4 Å². The first kappa shape index (κ1) is 20.6. The third-order valence-electron chi connectivity index (χ3n) is 7.19. The van der Waals surface area contributed by atoms with Crippen LogP contribution in [0.4, 0.5) is 11.5 Å². The second kappa shape index (κ2) is 8.65. The molecule has 1 saturated heterocycles. The molecule has 2 aliphatic rings. The smallest absolute Gasteiger partial charge is 0.227 e. The van der Waals surface area contributed by atoms with Gasteiger partial charge in [0.25, 0.3) is 0 Å². The Morgan fingerprint density at radius 1 is 1.06 bits per heavy atom. The van der Waals surface area contributed by atoms with Crippen LogP contribution in [-0.2, 0) is 16.8 Å². The Bertz CT molecular complexity index is 1090. The summed E-state index contributed by atoms with van der Waals surface area (Å²) in [5, 5.41) is 6.38. The van der Waals surface area contributed by atoms with Crippen LogP contribution in [-0.4, -0.2) is 31.0 Å². The zero-order chi connectivity index (χ0) is 22.0. The summed E-state index contributed by atoms with van der Waals surface area (Å²) in [7, 11) is 1.74. The molecule has 3 aromatic rings. The number of aromatic nitrogens is 1. The molecular weight excluding hydrogens is 396 g/mol. The highest BCUT2D eigenvalue weighted by Gasteiger charge is 2.47. The zero-order valence-electron chi connectivity index (χ0n) is 18.6. The largest absolute Gasteiger partial charge is 0.381 e. The van der Waals surface area contributed by atoms with Crippen LogP contribution in [0.5, 0.6) is 0 Å². The van der Waals surface area contributed by atoms with Crippen molar-refractivity contribution in [2.24, 2.45) is 0 Å². The molecule has 1 aliphatic heterocycles. The third-order valence-corrected chi connectivity index (χ3v) is 7.19. The normalized spacial score (nSPS) is 18.9. The number of amides is 1. The Morgan fingerprint density at radius 2 is 1.81 bits per heavy atom. The van der Waals surface area contributed by atoms with Crippen molar-refractivity contribution in [2.45, 2.75) is 37.1 Å². The number of hydrogen-bond donors (Lipinski definition) is 2. The summed E-state index contributed by atoms with van der Waals surface area (Å²) < 4.78 is 0. The third kappa shape index (κ3) is 3.83. The number of nitrogens with zero attached hydrogens (tertiary/aromatic N) is 2. The van der Waals surface area contributed by atoms with Gasteiger partial charge < -0.3 is 15.5 Å². The minimum atomic E-state index is -0.0358. The second-order valence-corrected chi connectivity index (χ2v) is 8.97. The topological polar surface area (TPSA) is 57.3 Å². The first-order valence-electron chi connectivity index (χ1n) is 11.5. The van der Waals surface area contributed by atoms with Gasteiger partial charge >= 0.3 is 0 Å². The predicted octanol–water partition coefficient (Wildman–Crippen LogP) is 4.47. The molecule has 0 radical (unpaired) electrons. The fourth-order valence-corrected chi connectivity index (χ4v) is 5.44. The highest BCUT2D eigenvalue weighted by atomic mass is 16.1. The summed E-state index contributed by atoms with van der Waals surface area (Å²) in [4.78, 5) is 19.6. The fraction of sp³-hybridized carbons (Fsp3) is 0.333. The molecule has 1 spiro atoms. The molecule has 0 saturated carbocycles. The molecule has 1 unspecified atom stereocenters. The molecule has 164 valence electrons. The Labute approximate surface area is 189 Å². The van der Waals surface area contributed by atoms with Gasteiger partial charge in [-0.15, -0.1) is 0 Å². The molecule has 1 atom stereocenters. The number of likely N-dealkylation sites (N-methyl/N-ethyl adjacent to an activating group) is 1. The lowest BCUT2D eigenvalue weighted by molar-refractivity contribution is -0.122. The quantitative estimate of drug-likeness (QED) is 0.632. The van der Waals surface area contributed by atoms with E-state index in [0.29, 0.717) is 0 Å². The average molecular weight is 427 g/mol. The van der Waals surface area contributed by atoms with Gasteiger partial charge in [0.15, 0.2) is 0 Å². The van der Waals surface area contributed by atoms with Crippen LogP contribution in [0.15, 0.2) is 72.9 Å². The van der Waals surface area contributed by atoms with Crippen LogP contribution in [0.1, 0.15) is 41.9 Å². The van der Waals surface area contributed by atoms with Gasteiger partial charge in [-0.2, -0.15) is 0 Å². The van der Waals surface area contributed by atoms with E-state index in [-0.39, 0.29) is 17.2 Å².